The van der Waals surface area contributed by atoms with Gasteiger partial charge in [-0.1, -0.05) is 53.7 Å². The van der Waals surface area contributed by atoms with Crippen LogP contribution in [0.5, 0.6) is 5.75 Å². The highest BCUT2D eigenvalue weighted by atomic mass is 19.4. The number of alkyl halides is 3. The van der Waals surface area contributed by atoms with Gasteiger partial charge in [0.1, 0.15) is 12.4 Å². The summed E-state index contributed by atoms with van der Waals surface area (Å²) in [6, 6.07) is 18.1. The van der Waals surface area contributed by atoms with E-state index in [-0.39, 0.29) is 13.0 Å². The highest BCUT2D eigenvalue weighted by Crippen LogP contribution is 2.21. The number of benzene rings is 2. The molecule has 0 fully saturated rings. The fourth-order valence-corrected chi connectivity index (χ4v) is 2.10. The van der Waals surface area contributed by atoms with E-state index in [9.17, 15) is 13.2 Å². The fraction of sp³-hybridized carbons (Fsp3) is 0.316. The quantitative estimate of drug-likeness (QED) is 0.345. The van der Waals surface area contributed by atoms with Crippen molar-refractivity contribution in [2.75, 3.05) is 6.61 Å². The second kappa shape index (κ2) is 9.71. The van der Waals surface area contributed by atoms with Gasteiger partial charge in [-0.15, -0.1) is 0 Å². The van der Waals surface area contributed by atoms with Crippen LogP contribution in [-0.2, 0) is 11.4 Å². The summed E-state index contributed by atoms with van der Waals surface area (Å²) >= 11 is 0. The monoisotopic (exact) mass is 351 g/mol. The van der Waals surface area contributed by atoms with Crippen LogP contribution in [0, 0.1) is 0 Å². The van der Waals surface area contributed by atoms with E-state index >= 15 is 0 Å². The van der Waals surface area contributed by atoms with E-state index in [0.29, 0.717) is 25.2 Å². The normalized spacial score (nSPS) is 12.0. The first-order chi connectivity index (χ1) is 12.1. The molecule has 2 aromatic carbocycles. The summed E-state index contributed by atoms with van der Waals surface area (Å²) in [6.45, 7) is 0.373. The van der Waals surface area contributed by atoms with E-state index in [2.05, 4.69) is 5.16 Å². The molecule has 0 aromatic heterocycles. The number of halogens is 3. The molecule has 0 bridgehead atoms. The molecule has 0 aliphatic heterocycles. The number of nitrogens with zero attached hydrogens (tertiary/aromatic N) is 1. The third-order valence-electron chi connectivity index (χ3n) is 3.40. The maximum Gasteiger partial charge on any atom is 0.432 e. The lowest BCUT2D eigenvalue weighted by atomic mass is 10.1. The molecule has 2 aromatic rings. The van der Waals surface area contributed by atoms with Crippen LogP contribution in [0.2, 0.25) is 0 Å². The molecule has 0 atom stereocenters. The summed E-state index contributed by atoms with van der Waals surface area (Å²) in [6.07, 6.45) is -3.87. The lowest BCUT2D eigenvalue weighted by Crippen LogP contribution is -2.23. The molecule has 0 heterocycles. The zero-order valence-corrected chi connectivity index (χ0v) is 13.7. The standard InChI is InChI=1S/C19H20F3NO2/c20-19(21,22)18(23-25-15-16-9-3-1-4-10-16)13-7-8-14-24-17-11-5-2-6-12-17/h1-6,9-12H,7-8,13-15H2/b23-18+. The van der Waals surface area contributed by atoms with E-state index in [4.69, 9.17) is 9.57 Å². The number of para-hydroxylation sites is 1. The van der Waals surface area contributed by atoms with Crippen LogP contribution in [0.3, 0.4) is 0 Å². The maximum atomic E-state index is 13.0. The first-order valence-electron chi connectivity index (χ1n) is 8.03. The van der Waals surface area contributed by atoms with Crippen molar-refractivity contribution in [1.82, 2.24) is 0 Å². The highest BCUT2D eigenvalue weighted by Gasteiger charge is 2.35. The van der Waals surface area contributed by atoms with Crippen molar-refractivity contribution in [3.63, 3.8) is 0 Å². The third kappa shape index (κ3) is 7.28. The number of rotatable bonds is 9. The third-order valence-corrected chi connectivity index (χ3v) is 3.40. The first kappa shape index (κ1) is 18.8. The number of unbranched alkanes of at least 4 members (excludes halogenated alkanes) is 1. The zero-order chi connectivity index (χ0) is 18.0. The van der Waals surface area contributed by atoms with E-state index in [0.717, 1.165) is 5.56 Å². The van der Waals surface area contributed by atoms with E-state index < -0.39 is 11.9 Å². The van der Waals surface area contributed by atoms with Gasteiger partial charge in [-0.05, 0) is 37.0 Å². The fourth-order valence-electron chi connectivity index (χ4n) is 2.10. The lowest BCUT2D eigenvalue weighted by molar-refractivity contribution is -0.0646. The van der Waals surface area contributed by atoms with Gasteiger partial charge < -0.3 is 9.57 Å². The Kier molecular flexibility index (Phi) is 7.32. The Labute approximate surface area is 145 Å². The Bertz CT molecular complexity index is 643. The number of hydrogen-bond acceptors (Lipinski definition) is 3. The molecule has 0 spiro atoms. The molecule has 0 aliphatic carbocycles. The number of oxime groups is 1. The van der Waals surface area contributed by atoms with Gasteiger partial charge in [0.05, 0.1) is 6.61 Å². The Morgan fingerprint density at radius 2 is 1.52 bits per heavy atom. The van der Waals surface area contributed by atoms with Crippen LogP contribution >= 0.6 is 0 Å². The molecule has 134 valence electrons. The van der Waals surface area contributed by atoms with Crippen molar-refractivity contribution >= 4 is 5.71 Å². The van der Waals surface area contributed by atoms with Crippen LogP contribution < -0.4 is 4.74 Å². The zero-order valence-electron chi connectivity index (χ0n) is 13.7. The summed E-state index contributed by atoms with van der Waals surface area (Å²) < 4.78 is 44.4. The van der Waals surface area contributed by atoms with Crippen molar-refractivity contribution in [1.29, 1.82) is 0 Å². The molecular formula is C19H20F3NO2. The van der Waals surface area contributed by atoms with Crippen molar-refractivity contribution in [3.8, 4) is 5.75 Å². The van der Waals surface area contributed by atoms with E-state index in [1.54, 1.807) is 36.4 Å². The van der Waals surface area contributed by atoms with Gasteiger partial charge in [-0.3, -0.25) is 0 Å². The minimum Gasteiger partial charge on any atom is -0.494 e. The molecule has 2 rings (SSSR count). The van der Waals surface area contributed by atoms with E-state index in [1.165, 1.54) is 0 Å². The number of hydrogen-bond donors (Lipinski definition) is 0. The van der Waals surface area contributed by atoms with Crippen LogP contribution in [0.4, 0.5) is 13.2 Å². The largest absolute Gasteiger partial charge is 0.494 e. The Morgan fingerprint density at radius 1 is 0.880 bits per heavy atom. The van der Waals surface area contributed by atoms with Crippen molar-refractivity contribution in [2.24, 2.45) is 5.16 Å². The van der Waals surface area contributed by atoms with Crippen molar-refractivity contribution < 1.29 is 22.7 Å². The van der Waals surface area contributed by atoms with Crippen LogP contribution in [0.25, 0.3) is 0 Å². The second-order valence-electron chi connectivity index (χ2n) is 5.41. The average molecular weight is 351 g/mol. The molecular weight excluding hydrogens is 331 g/mol. The van der Waals surface area contributed by atoms with Crippen LogP contribution in [-0.4, -0.2) is 18.5 Å². The molecule has 0 unspecified atom stereocenters. The Hall–Kier alpha value is -2.50. The summed E-state index contributed by atoms with van der Waals surface area (Å²) in [7, 11) is 0. The molecule has 3 nitrogen and oxygen atoms in total. The average Bonchev–Trinajstić information content (AvgIpc) is 2.61. The smallest absolute Gasteiger partial charge is 0.432 e. The summed E-state index contributed by atoms with van der Waals surface area (Å²) in [5.41, 5.74) is -0.132. The van der Waals surface area contributed by atoms with Gasteiger partial charge in [-0.25, -0.2) is 0 Å². The van der Waals surface area contributed by atoms with Gasteiger partial charge in [0, 0.05) is 0 Å². The van der Waals surface area contributed by atoms with E-state index in [1.807, 2.05) is 24.3 Å². The first-order valence-corrected chi connectivity index (χ1v) is 8.03. The summed E-state index contributed by atoms with van der Waals surface area (Å²) in [5.74, 6) is 0.707. The lowest BCUT2D eigenvalue weighted by Gasteiger charge is -2.11. The van der Waals surface area contributed by atoms with Crippen LogP contribution in [0.15, 0.2) is 65.8 Å². The Morgan fingerprint density at radius 3 is 2.16 bits per heavy atom. The van der Waals surface area contributed by atoms with Crippen molar-refractivity contribution in [3.05, 3.63) is 66.2 Å². The highest BCUT2D eigenvalue weighted by molar-refractivity contribution is 5.89. The molecule has 0 saturated heterocycles. The number of ether oxygens (including phenoxy) is 1. The molecule has 0 aliphatic rings. The van der Waals surface area contributed by atoms with Gasteiger partial charge in [-0.2, -0.15) is 13.2 Å². The van der Waals surface area contributed by atoms with Gasteiger partial charge in [0.15, 0.2) is 5.71 Å². The minimum absolute atomic E-state index is 0.0114. The second-order valence-corrected chi connectivity index (χ2v) is 5.41. The Balaban J connectivity index is 1.74. The molecule has 0 saturated carbocycles. The maximum absolute atomic E-state index is 13.0. The topological polar surface area (TPSA) is 30.8 Å². The minimum atomic E-state index is -4.49. The summed E-state index contributed by atoms with van der Waals surface area (Å²) in [5, 5.41) is 3.30. The molecule has 25 heavy (non-hydrogen) atoms. The molecule has 0 radical (unpaired) electrons. The van der Waals surface area contributed by atoms with Gasteiger partial charge in [0.25, 0.3) is 0 Å². The summed E-state index contributed by atoms with van der Waals surface area (Å²) in [4.78, 5) is 4.87. The van der Waals surface area contributed by atoms with Crippen LogP contribution in [0.1, 0.15) is 24.8 Å². The van der Waals surface area contributed by atoms with Crippen molar-refractivity contribution in [2.45, 2.75) is 32.0 Å². The van der Waals surface area contributed by atoms with Gasteiger partial charge in [0.2, 0.25) is 0 Å². The van der Waals surface area contributed by atoms with Gasteiger partial charge >= 0.3 is 6.18 Å². The molecule has 0 amide bonds. The predicted molar refractivity (Wildman–Crippen MR) is 90.5 cm³/mol. The molecule has 0 N–H and O–H groups in total. The predicted octanol–water partition coefficient (Wildman–Crippen LogP) is 5.37. The SMILES string of the molecule is FC(F)(F)/C(CCCCOc1ccccc1)=N/OCc1ccccc1. The molecule has 6 heteroatoms.